The Bertz CT molecular complexity index is 962. The number of unbranched alkanes of at least 4 members (excludes halogenated alkanes) is 2. The van der Waals surface area contributed by atoms with Gasteiger partial charge in [0.2, 0.25) is 0 Å². The number of hydrogen-bond acceptors (Lipinski definition) is 8. The summed E-state index contributed by atoms with van der Waals surface area (Å²) in [6, 6.07) is 3.77. The Morgan fingerprint density at radius 2 is 1.38 bits per heavy atom. The van der Waals surface area contributed by atoms with Crippen LogP contribution in [0.15, 0.2) is 35.9 Å². The van der Waals surface area contributed by atoms with Crippen molar-refractivity contribution >= 4 is 12.3 Å². The first-order valence-electron chi connectivity index (χ1n) is 14.8. The van der Waals surface area contributed by atoms with Gasteiger partial charge < -0.3 is 18.9 Å². The van der Waals surface area contributed by atoms with Crippen LogP contribution in [0.4, 0.5) is 9.59 Å². The highest BCUT2D eigenvalue weighted by Crippen LogP contribution is 2.49. The highest BCUT2D eigenvalue weighted by molar-refractivity contribution is 5.70. The number of benzene rings is 1. The van der Waals surface area contributed by atoms with E-state index in [2.05, 4.69) is 26.5 Å². The highest BCUT2D eigenvalue weighted by atomic mass is 16.7. The maximum absolute atomic E-state index is 12.9. The molecular weight excluding hydrogens is 508 g/mol. The number of carbonyl (C=O) groups is 2. The zero-order valence-corrected chi connectivity index (χ0v) is 25.7. The van der Waals surface area contributed by atoms with Crippen LogP contribution in [0.5, 0.6) is 11.5 Å². The van der Waals surface area contributed by atoms with Crippen molar-refractivity contribution in [2.75, 3.05) is 39.6 Å². The maximum atomic E-state index is 12.9. The third-order valence-electron chi connectivity index (χ3n) is 7.54. The molecule has 1 aromatic carbocycles. The lowest BCUT2D eigenvalue weighted by Gasteiger charge is -2.25. The smallest absolute Gasteiger partial charge is 0.418 e. The molecule has 0 fully saturated rings. The number of carbonyl (C=O) groups excluding carboxylic acids is 2. The van der Waals surface area contributed by atoms with Gasteiger partial charge in [-0.05, 0) is 82.9 Å². The predicted octanol–water partition coefficient (Wildman–Crippen LogP) is 7.67. The molecule has 0 amide bonds. The van der Waals surface area contributed by atoms with Gasteiger partial charge in [-0.1, -0.05) is 71.3 Å². The lowest BCUT2D eigenvalue weighted by Crippen LogP contribution is -2.29. The van der Waals surface area contributed by atoms with Gasteiger partial charge in [0.25, 0.3) is 0 Å². The normalized spacial score (nSPS) is 16.7. The zero-order chi connectivity index (χ0) is 29.7. The van der Waals surface area contributed by atoms with Gasteiger partial charge in [-0.2, -0.15) is 0 Å². The third kappa shape index (κ3) is 9.97. The van der Waals surface area contributed by atoms with Gasteiger partial charge in [-0.15, -0.1) is 0 Å². The van der Waals surface area contributed by atoms with Crippen LogP contribution in [-0.4, -0.2) is 61.8 Å². The molecule has 1 aliphatic carbocycles. The van der Waals surface area contributed by atoms with Gasteiger partial charge in [-0.25, -0.2) is 9.59 Å². The first-order chi connectivity index (χ1) is 19.2. The fourth-order valence-corrected chi connectivity index (χ4v) is 4.94. The quantitative estimate of drug-likeness (QED) is 0.0672. The molecule has 224 valence electrons. The van der Waals surface area contributed by atoms with Crippen molar-refractivity contribution in [3.05, 3.63) is 47.1 Å². The molecule has 2 rings (SSSR count). The number of ether oxygens (including phenoxy) is 4. The highest BCUT2D eigenvalue weighted by Gasteiger charge is 2.34. The molecule has 0 aromatic heterocycles. The van der Waals surface area contributed by atoms with Crippen molar-refractivity contribution in [1.29, 1.82) is 0 Å². The molecule has 8 heteroatoms. The Labute approximate surface area is 241 Å². The van der Waals surface area contributed by atoms with Crippen LogP contribution in [0.3, 0.4) is 0 Å². The number of hydrogen-bond donors (Lipinski definition) is 0. The Kier molecular flexibility index (Phi) is 14.2. The van der Waals surface area contributed by atoms with E-state index in [-0.39, 0.29) is 25.3 Å². The zero-order valence-electron chi connectivity index (χ0n) is 25.7. The number of rotatable bonds is 16. The molecule has 2 atom stereocenters. The summed E-state index contributed by atoms with van der Waals surface area (Å²) in [5, 5.41) is 0. The molecule has 0 aliphatic heterocycles. The van der Waals surface area contributed by atoms with Crippen LogP contribution >= 0.6 is 0 Å². The van der Waals surface area contributed by atoms with E-state index in [9.17, 15) is 9.59 Å². The summed E-state index contributed by atoms with van der Waals surface area (Å²) >= 11 is 0. The van der Waals surface area contributed by atoms with Gasteiger partial charge in [0.1, 0.15) is 25.0 Å². The first kappa shape index (κ1) is 33.4. The average molecular weight is 559 g/mol. The van der Waals surface area contributed by atoms with Crippen molar-refractivity contribution in [3.63, 3.8) is 0 Å². The molecule has 0 saturated heterocycles. The first-order valence-corrected chi connectivity index (χ1v) is 14.8. The average Bonchev–Trinajstić information content (AvgIpc) is 3.31. The van der Waals surface area contributed by atoms with E-state index in [0.29, 0.717) is 17.1 Å². The predicted molar refractivity (Wildman–Crippen MR) is 159 cm³/mol. The minimum Gasteiger partial charge on any atom is -0.418 e. The van der Waals surface area contributed by atoms with E-state index in [4.69, 9.17) is 18.9 Å². The van der Waals surface area contributed by atoms with Gasteiger partial charge in [-0.3, -0.25) is 9.80 Å². The van der Waals surface area contributed by atoms with Gasteiger partial charge in [0, 0.05) is 11.5 Å². The molecule has 0 radical (unpaired) electrons. The molecule has 0 saturated carbocycles. The van der Waals surface area contributed by atoms with Gasteiger partial charge in [0.15, 0.2) is 0 Å². The lowest BCUT2D eigenvalue weighted by molar-refractivity contribution is 0.0432. The van der Waals surface area contributed by atoms with E-state index in [1.165, 1.54) is 5.57 Å². The van der Waals surface area contributed by atoms with Crippen LogP contribution in [0, 0.1) is 5.92 Å². The molecule has 0 spiro atoms. The Morgan fingerprint density at radius 1 is 0.875 bits per heavy atom. The molecule has 0 N–H and O–H groups in total. The number of allylic oxidation sites excluding steroid dienone is 3. The van der Waals surface area contributed by atoms with Crippen molar-refractivity contribution in [3.8, 4) is 11.5 Å². The summed E-state index contributed by atoms with van der Waals surface area (Å²) in [6.45, 7) is 21.7. The Morgan fingerprint density at radius 3 is 1.80 bits per heavy atom. The minimum absolute atomic E-state index is 0.0778. The molecule has 0 bridgehead atoms. The maximum Gasteiger partial charge on any atom is 0.515 e. The lowest BCUT2D eigenvalue weighted by atomic mass is 9.83. The summed E-state index contributed by atoms with van der Waals surface area (Å²) < 4.78 is 22.6. The standard InChI is InChI=1S/C32H50N2O6/c1-9-14-15-16-25-19-28(39-31(35)37-21-33(10-2)11-3)30(27-18-24(8)17-26(27)23(6)7)29(20-25)40-32(36)38-22-34(12-4)13-5/h18-20,26-27H,6,9-17,21-22H2,1-5,7-8H3/t26-,27+/m0/s1. The second-order valence-electron chi connectivity index (χ2n) is 10.5. The van der Waals surface area contributed by atoms with Crippen LogP contribution in [0.25, 0.3) is 0 Å². The summed E-state index contributed by atoms with van der Waals surface area (Å²) in [5.41, 5.74) is 3.76. The second kappa shape index (κ2) is 17.1. The Hall–Kier alpha value is -2.84. The monoisotopic (exact) mass is 558 g/mol. The van der Waals surface area contributed by atoms with Crippen LogP contribution in [0.2, 0.25) is 0 Å². The van der Waals surface area contributed by atoms with E-state index in [1.54, 1.807) is 0 Å². The van der Waals surface area contributed by atoms with Crippen molar-refractivity contribution in [2.45, 2.75) is 86.5 Å². The number of aryl methyl sites for hydroxylation is 1. The second-order valence-corrected chi connectivity index (χ2v) is 10.5. The molecule has 8 nitrogen and oxygen atoms in total. The fraction of sp³-hybridized carbons (Fsp3) is 0.625. The molecule has 1 aliphatic rings. The van der Waals surface area contributed by atoms with Crippen molar-refractivity contribution in [2.24, 2.45) is 5.92 Å². The molecule has 1 aromatic rings. The van der Waals surface area contributed by atoms with Crippen molar-refractivity contribution in [1.82, 2.24) is 9.80 Å². The Balaban J connectivity index is 2.52. The summed E-state index contributed by atoms with van der Waals surface area (Å²) in [4.78, 5) is 29.8. The summed E-state index contributed by atoms with van der Waals surface area (Å²) in [5.74, 6) is 0.576. The number of nitrogens with zero attached hydrogens (tertiary/aromatic N) is 2. The molecule has 0 unspecified atom stereocenters. The molecule has 0 heterocycles. The SMILES string of the molecule is C=C(C)[C@@H]1CC(C)=C[C@H]1c1c(OC(=O)OCN(CC)CC)cc(CCCCC)cc1OC(=O)OCN(CC)CC. The van der Waals surface area contributed by atoms with E-state index < -0.39 is 12.3 Å². The van der Waals surface area contributed by atoms with Gasteiger partial charge >= 0.3 is 12.3 Å². The van der Waals surface area contributed by atoms with Gasteiger partial charge in [0.05, 0.1) is 0 Å². The van der Waals surface area contributed by atoms with Crippen LogP contribution in [0.1, 0.15) is 91.2 Å². The summed E-state index contributed by atoms with van der Waals surface area (Å²) in [7, 11) is 0. The van der Waals surface area contributed by atoms with E-state index in [0.717, 1.165) is 69.4 Å². The third-order valence-corrected chi connectivity index (χ3v) is 7.54. The molecular formula is C32H50N2O6. The van der Waals surface area contributed by atoms with Crippen molar-refractivity contribution < 1.29 is 28.5 Å². The largest absolute Gasteiger partial charge is 0.515 e. The summed E-state index contributed by atoms with van der Waals surface area (Å²) in [6.07, 6.45) is 5.25. The van der Waals surface area contributed by atoms with Crippen LogP contribution in [-0.2, 0) is 15.9 Å². The van der Waals surface area contributed by atoms with E-state index in [1.807, 2.05) is 56.6 Å². The minimum atomic E-state index is -0.792. The van der Waals surface area contributed by atoms with Crippen LogP contribution < -0.4 is 9.47 Å². The molecule has 40 heavy (non-hydrogen) atoms. The van der Waals surface area contributed by atoms with E-state index >= 15 is 0 Å². The topological polar surface area (TPSA) is 77.5 Å². The fourth-order valence-electron chi connectivity index (χ4n) is 4.94.